The van der Waals surface area contributed by atoms with Crippen LogP contribution in [0.1, 0.15) is 26.5 Å². The number of aryl methyl sites for hydroxylation is 3. The van der Waals surface area contributed by atoms with Gasteiger partial charge in [-0.1, -0.05) is 27.3 Å². The molecule has 0 bridgehead atoms. The average Bonchev–Trinajstić information content (AvgIpc) is 2.75. The van der Waals surface area contributed by atoms with E-state index in [0.717, 1.165) is 21.3 Å². The van der Waals surface area contributed by atoms with Gasteiger partial charge in [-0.2, -0.15) is 0 Å². The average molecular weight is 355 g/mol. The Bertz CT molecular complexity index is 644. The molecule has 106 valence electrons. The standard InChI is InChI=1S/C14H15BrN2O2S/c1-7-5-10(6-8(2)11(7)15)17-14-16-9(3)12(20-14)13(18)19-4/h5-6H,1-4H3,(H,16,17). The summed E-state index contributed by atoms with van der Waals surface area (Å²) in [6.07, 6.45) is 0. The fourth-order valence-corrected chi connectivity index (χ4v) is 3.01. The van der Waals surface area contributed by atoms with Crippen LogP contribution < -0.4 is 5.32 Å². The van der Waals surface area contributed by atoms with Gasteiger partial charge in [-0.15, -0.1) is 0 Å². The maximum atomic E-state index is 11.6. The number of hydrogen-bond donors (Lipinski definition) is 1. The highest BCUT2D eigenvalue weighted by atomic mass is 79.9. The van der Waals surface area contributed by atoms with Crippen molar-refractivity contribution in [3.8, 4) is 0 Å². The topological polar surface area (TPSA) is 51.2 Å². The maximum absolute atomic E-state index is 11.6. The number of anilines is 2. The minimum atomic E-state index is -0.351. The molecule has 6 heteroatoms. The number of ether oxygens (including phenoxy) is 1. The first-order valence-corrected chi connectivity index (χ1v) is 7.63. The van der Waals surface area contributed by atoms with Gasteiger partial charge < -0.3 is 10.1 Å². The van der Waals surface area contributed by atoms with Crippen LogP contribution in [0.15, 0.2) is 16.6 Å². The van der Waals surface area contributed by atoms with Crippen LogP contribution in [0.25, 0.3) is 0 Å². The van der Waals surface area contributed by atoms with Gasteiger partial charge in [0, 0.05) is 10.2 Å². The number of esters is 1. The van der Waals surface area contributed by atoms with E-state index >= 15 is 0 Å². The van der Waals surface area contributed by atoms with E-state index < -0.39 is 0 Å². The second kappa shape index (κ2) is 5.93. The zero-order valence-electron chi connectivity index (χ0n) is 11.7. The Kier molecular flexibility index (Phi) is 4.45. The van der Waals surface area contributed by atoms with Crippen molar-refractivity contribution in [3.05, 3.63) is 38.3 Å². The molecule has 2 aromatic rings. The molecule has 20 heavy (non-hydrogen) atoms. The summed E-state index contributed by atoms with van der Waals surface area (Å²) in [7, 11) is 1.37. The van der Waals surface area contributed by atoms with E-state index in [2.05, 4.69) is 26.2 Å². The molecule has 1 aromatic carbocycles. The van der Waals surface area contributed by atoms with Gasteiger partial charge in [0.15, 0.2) is 5.13 Å². The molecule has 0 saturated heterocycles. The Hall–Kier alpha value is -1.40. The fraction of sp³-hybridized carbons (Fsp3) is 0.286. The third-order valence-electron chi connectivity index (χ3n) is 2.86. The van der Waals surface area contributed by atoms with Gasteiger partial charge in [-0.05, 0) is 44.0 Å². The zero-order valence-corrected chi connectivity index (χ0v) is 14.1. The van der Waals surface area contributed by atoms with Crippen molar-refractivity contribution in [2.45, 2.75) is 20.8 Å². The molecule has 4 nitrogen and oxygen atoms in total. The third-order valence-corrected chi connectivity index (χ3v) is 5.16. The van der Waals surface area contributed by atoms with Gasteiger partial charge in [0.2, 0.25) is 0 Å². The van der Waals surface area contributed by atoms with Crippen molar-refractivity contribution in [1.82, 2.24) is 4.98 Å². The highest BCUT2D eigenvalue weighted by Gasteiger charge is 2.15. The number of nitrogens with one attached hydrogen (secondary N) is 1. The molecule has 1 N–H and O–H groups in total. The number of hydrogen-bond acceptors (Lipinski definition) is 5. The Labute approximate surface area is 130 Å². The number of methoxy groups -OCH3 is 1. The van der Waals surface area contributed by atoms with E-state index in [0.29, 0.717) is 15.7 Å². The van der Waals surface area contributed by atoms with E-state index in [9.17, 15) is 4.79 Å². The Morgan fingerprint density at radius 3 is 2.45 bits per heavy atom. The number of thiazole rings is 1. The second-order valence-corrected chi connectivity index (χ2v) is 6.27. The highest BCUT2D eigenvalue weighted by Crippen LogP contribution is 2.30. The summed E-state index contributed by atoms with van der Waals surface area (Å²) < 4.78 is 5.84. The van der Waals surface area contributed by atoms with Crippen molar-refractivity contribution in [2.75, 3.05) is 12.4 Å². The molecule has 0 aliphatic heterocycles. The Balaban J connectivity index is 2.29. The van der Waals surface area contributed by atoms with E-state index in [-0.39, 0.29) is 5.97 Å². The summed E-state index contributed by atoms with van der Waals surface area (Å²) in [5.41, 5.74) is 3.92. The van der Waals surface area contributed by atoms with Gasteiger partial charge in [-0.25, -0.2) is 9.78 Å². The Morgan fingerprint density at radius 2 is 1.90 bits per heavy atom. The third kappa shape index (κ3) is 3.02. The minimum absolute atomic E-state index is 0.351. The van der Waals surface area contributed by atoms with Crippen molar-refractivity contribution < 1.29 is 9.53 Å². The lowest BCUT2D eigenvalue weighted by atomic mass is 10.1. The van der Waals surface area contributed by atoms with Crippen molar-refractivity contribution >= 4 is 44.1 Å². The van der Waals surface area contributed by atoms with Crippen LogP contribution in [-0.4, -0.2) is 18.1 Å². The summed E-state index contributed by atoms with van der Waals surface area (Å²) in [5.74, 6) is -0.351. The SMILES string of the molecule is COC(=O)c1sc(Nc2cc(C)c(Br)c(C)c2)nc1C. The number of rotatable bonds is 3. The van der Waals surface area contributed by atoms with Crippen molar-refractivity contribution in [2.24, 2.45) is 0 Å². The molecule has 1 heterocycles. The summed E-state index contributed by atoms with van der Waals surface area (Å²) in [5, 5.41) is 3.92. The maximum Gasteiger partial charge on any atom is 0.350 e. The molecule has 0 unspecified atom stereocenters. The summed E-state index contributed by atoms with van der Waals surface area (Å²) in [6.45, 7) is 5.87. The van der Waals surface area contributed by atoms with E-state index in [4.69, 9.17) is 4.74 Å². The lowest BCUT2D eigenvalue weighted by Gasteiger charge is -2.08. The quantitative estimate of drug-likeness (QED) is 0.831. The molecule has 0 amide bonds. The highest BCUT2D eigenvalue weighted by molar-refractivity contribution is 9.10. The summed E-state index contributed by atoms with van der Waals surface area (Å²) in [6, 6.07) is 4.07. The Morgan fingerprint density at radius 1 is 1.30 bits per heavy atom. The van der Waals surface area contributed by atoms with Gasteiger partial charge in [-0.3, -0.25) is 0 Å². The molecular weight excluding hydrogens is 340 g/mol. The molecule has 0 fully saturated rings. The first-order valence-electron chi connectivity index (χ1n) is 6.02. The number of aromatic nitrogens is 1. The predicted molar refractivity (Wildman–Crippen MR) is 85.1 cm³/mol. The number of carbonyl (C=O) groups excluding carboxylic acids is 1. The number of halogens is 1. The first kappa shape index (κ1) is 15.0. The lowest BCUT2D eigenvalue weighted by molar-refractivity contribution is 0.0605. The van der Waals surface area contributed by atoms with Gasteiger partial charge >= 0.3 is 5.97 Å². The summed E-state index contributed by atoms with van der Waals surface area (Å²) >= 11 is 4.84. The van der Waals surface area contributed by atoms with Gasteiger partial charge in [0.1, 0.15) is 4.88 Å². The molecule has 1 aromatic heterocycles. The molecule has 0 aliphatic rings. The summed E-state index contributed by atoms with van der Waals surface area (Å²) in [4.78, 5) is 16.4. The van der Waals surface area contributed by atoms with Crippen LogP contribution in [0.4, 0.5) is 10.8 Å². The van der Waals surface area contributed by atoms with Crippen LogP contribution in [-0.2, 0) is 4.74 Å². The molecule has 0 saturated carbocycles. The molecule has 2 rings (SSSR count). The monoisotopic (exact) mass is 354 g/mol. The normalized spacial score (nSPS) is 10.4. The molecule has 0 spiro atoms. The van der Waals surface area contributed by atoms with Crippen molar-refractivity contribution in [3.63, 3.8) is 0 Å². The number of nitrogens with zero attached hydrogens (tertiary/aromatic N) is 1. The van der Waals surface area contributed by atoms with Crippen LogP contribution in [0.5, 0.6) is 0 Å². The van der Waals surface area contributed by atoms with Crippen LogP contribution in [0.3, 0.4) is 0 Å². The van der Waals surface area contributed by atoms with Gasteiger partial charge in [0.25, 0.3) is 0 Å². The molecule has 0 radical (unpaired) electrons. The first-order chi connectivity index (χ1) is 9.42. The van der Waals surface area contributed by atoms with Crippen molar-refractivity contribution in [1.29, 1.82) is 0 Å². The van der Waals surface area contributed by atoms with Crippen LogP contribution in [0.2, 0.25) is 0 Å². The van der Waals surface area contributed by atoms with E-state index in [1.807, 2.05) is 26.0 Å². The van der Waals surface area contributed by atoms with Crippen LogP contribution >= 0.6 is 27.3 Å². The zero-order chi connectivity index (χ0) is 14.9. The molecular formula is C14H15BrN2O2S. The molecule has 0 aliphatic carbocycles. The molecule has 0 atom stereocenters. The lowest BCUT2D eigenvalue weighted by Crippen LogP contribution is -1.99. The van der Waals surface area contributed by atoms with E-state index in [1.165, 1.54) is 18.4 Å². The second-order valence-electron chi connectivity index (χ2n) is 4.47. The predicted octanol–water partition coefficient (Wildman–Crippen LogP) is 4.36. The number of benzene rings is 1. The van der Waals surface area contributed by atoms with Gasteiger partial charge in [0.05, 0.1) is 12.8 Å². The fourth-order valence-electron chi connectivity index (χ4n) is 1.87. The van der Waals surface area contributed by atoms with Crippen LogP contribution in [0, 0.1) is 20.8 Å². The minimum Gasteiger partial charge on any atom is -0.465 e. The number of carbonyl (C=O) groups is 1. The largest absolute Gasteiger partial charge is 0.465 e. The smallest absolute Gasteiger partial charge is 0.350 e. The van der Waals surface area contributed by atoms with E-state index in [1.54, 1.807) is 6.92 Å².